The Labute approximate surface area is 107 Å². The molecule has 0 amide bonds. The molecule has 2 aromatic rings. The topological polar surface area (TPSA) is 33.4 Å². The van der Waals surface area contributed by atoms with Crippen molar-refractivity contribution < 1.29 is 9.52 Å². The van der Waals surface area contributed by atoms with E-state index in [0.717, 1.165) is 14.9 Å². The standard InChI is InChI=1S/C12H11BrO2S/c1-16-10-5-3-2-4-8(10)11(14)12-9(13)6-7-15-12/h2-7,11,14H,1H3. The average molecular weight is 299 g/mol. The molecule has 16 heavy (non-hydrogen) atoms. The van der Waals surface area contributed by atoms with Crippen molar-refractivity contribution in [1.82, 2.24) is 0 Å². The number of hydrogen-bond acceptors (Lipinski definition) is 3. The van der Waals surface area contributed by atoms with Gasteiger partial charge in [-0.3, -0.25) is 0 Å². The van der Waals surface area contributed by atoms with Gasteiger partial charge in [0.15, 0.2) is 5.76 Å². The molecule has 0 aliphatic rings. The molecule has 0 saturated heterocycles. The Hall–Kier alpha value is -0.710. The van der Waals surface area contributed by atoms with Crippen molar-refractivity contribution in [3.63, 3.8) is 0 Å². The highest BCUT2D eigenvalue weighted by atomic mass is 79.9. The molecule has 0 radical (unpaired) electrons. The Kier molecular flexibility index (Phi) is 3.74. The molecule has 1 unspecified atom stereocenters. The van der Waals surface area contributed by atoms with Crippen molar-refractivity contribution >= 4 is 27.7 Å². The normalized spacial score (nSPS) is 12.7. The Bertz CT molecular complexity index is 481. The maximum atomic E-state index is 10.2. The van der Waals surface area contributed by atoms with Crippen LogP contribution in [0.1, 0.15) is 17.4 Å². The van der Waals surface area contributed by atoms with Crippen molar-refractivity contribution in [3.05, 3.63) is 52.4 Å². The van der Waals surface area contributed by atoms with E-state index in [2.05, 4.69) is 15.9 Å². The number of halogens is 1. The highest BCUT2D eigenvalue weighted by Gasteiger charge is 2.19. The van der Waals surface area contributed by atoms with Gasteiger partial charge in [0.05, 0.1) is 10.7 Å². The van der Waals surface area contributed by atoms with Gasteiger partial charge >= 0.3 is 0 Å². The van der Waals surface area contributed by atoms with Gasteiger partial charge in [-0.1, -0.05) is 18.2 Å². The second-order valence-corrected chi connectivity index (χ2v) is 4.98. The molecule has 4 heteroatoms. The van der Waals surface area contributed by atoms with Crippen molar-refractivity contribution in [3.8, 4) is 0 Å². The summed E-state index contributed by atoms with van der Waals surface area (Å²) >= 11 is 4.96. The third-order valence-electron chi connectivity index (χ3n) is 2.33. The second kappa shape index (κ2) is 5.08. The summed E-state index contributed by atoms with van der Waals surface area (Å²) in [4.78, 5) is 1.05. The molecule has 1 N–H and O–H groups in total. The quantitative estimate of drug-likeness (QED) is 0.874. The maximum absolute atomic E-state index is 10.2. The van der Waals surface area contributed by atoms with Crippen molar-refractivity contribution in [2.75, 3.05) is 6.26 Å². The Morgan fingerprint density at radius 3 is 2.69 bits per heavy atom. The lowest BCUT2D eigenvalue weighted by molar-refractivity contribution is 0.185. The van der Waals surface area contributed by atoms with Crippen LogP contribution in [0, 0.1) is 0 Å². The van der Waals surface area contributed by atoms with Gasteiger partial charge in [0.2, 0.25) is 0 Å². The lowest BCUT2D eigenvalue weighted by Crippen LogP contribution is -2.00. The van der Waals surface area contributed by atoms with Crippen molar-refractivity contribution in [2.24, 2.45) is 0 Å². The molecule has 2 nitrogen and oxygen atoms in total. The SMILES string of the molecule is CSc1ccccc1C(O)c1occc1Br. The van der Waals surface area contributed by atoms with Crippen molar-refractivity contribution in [2.45, 2.75) is 11.0 Å². The van der Waals surface area contributed by atoms with E-state index < -0.39 is 6.10 Å². The number of aliphatic hydroxyl groups is 1. The fourth-order valence-corrected chi connectivity index (χ4v) is 2.58. The number of aliphatic hydroxyl groups excluding tert-OH is 1. The minimum Gasteiger partial charge on any atom is -0.465 e. The molecule has 0 bridgehead atoms. The number of furan rings is 1. The Morgan fingerprint density at radius 2 is 2.06 bits per heavy atom. The van der Waals surface area contributed by atoms with Crippen LogP contribution >= 0.6 is 27.7 Å². The molecule has 84 valence electrons. The summed E-state index contributed by atoms with van der Waals surface area (Å²) in [6, 6.07) is 9.54. The number of hydrogen-bond donors (Lipinski definition) is 1. The first kappa shape index (κ1) is 11.8. The minimum atomic E-state index is -0.729. The summed E-state index contributed by atoms with van der Waals surface area (Å²) in [5.74, 6) is 0.543. The molecule has 2 rings (SSSR count). The summed E-state index contributed by atoms with van der Waals surface area (Å²) in [5.41, 5.74) is 0.866. The third kappa shape index (κ3) is 2.19. The van der Waals surface area contributed by atoms with Gasteiger partial charge in [0.1, 0.15) is 6.10 Å². The minimum absolute atomic E-state index is 0.543. The molecule has 0 fully saturated rings. The first-order valence-electron chi connectivity index (χ1n) is 4.78. The predicted octanol–water partition coefficient (Wildman–Crippen LogP) is 3.85. The van der Waals surface area contributed by atoms with Gasteiger partial charge in [0.25, 0.3) is 0 Å². The van der Waals surface area contributed by atoms with E-state index in [4.69, 9.17) is 4.42 Å². The molecule has 0 aliphatic heterocycles. The van der Waals surface area contributed by atoms with Gasteiger partial charge in [-0.2, -0.15) is 0 Å². The molecular formula is C12H11BrO2S. The monoisotopic (exact) mass is 298 g/mol. The fraction of sp³-hybridized carbons (Fsp3) is 0.167. The summed E-state index contributed by atoms with van der Waals surface area (Å²) in [6.45, 7) is 0. The molecular weight excluding hydrogens is 288 g/mol. The number of rotatable bonds is 3. The molecule has 1 atom stereocenters. The average Bonchev–Trinajstić information content (AvgIpc) is 2.74. The molecule has 1 heterocycles. The van der Waals surface area contributed by atoms with Crippen LogP contribution in [-0.4, -0.2) is 11.4 Å². The lowest BCUT2D eigenvalue weighted by atomic mass is 10.1. The zero-order chi connectivity index (χ0) is 11.5. The van der Waals surface area contributed by atoms with Crippen LogP contribution in [0.4, 0.5) is 0 Å². The van der Waals surface area contributed by atoms with Gasteiger partial charge < -0.3 is 9.52 Å². The molecule has 0 spiro atoms. The Balaban J connectivity index is 2.41. The van der Waals surface area contributed by atoms with Crippen LogP contribution in [0.25, 0.3) is 0 Å². The fourth-order valence-electron chi connectivity index (χ4n) is 1.53. The highest BCUT2D eigenvalue weighted by molar-refractivity contribution is 9.10. The maximum Gasteiger partial charge on any atom is 0.150 e. The molecule has 1 aromatic carbocycles. The summed E-state index contributed by atoms with van der Waals surface area (Å²) in [5, 5.41) is 10.2. The van der Waals surface area contributed by atoms with Crippen LogP contribution in [-0.2, 0) is 0 Å². The van der Waals surface area contributed by atoms with E-state index in [1.165, 1.54) is 0 Å². The largest absolute Gasteiger partial charge is 0.465 e. The van der Waals surface area contributed by atoms with Crippen LogP contribution in [0.5, 0.6) is 0 Å². The van der Waals surface area contributed by atoms with Crippen LogP contribution in [0.3, 0.4) is 0 Å². The van der Waals surface area contributed by atoms with E-state index in [1.54, 1.807) is 24.1 Å². The van der Waals surface area contributed by atoms with Crippen LogP contribution < -0.4 is 0 Å². The van der Waals surface area contributed by atoms with Gasteiger partial charge in [-0.05, 0) is 34.3 Å². The molecule has 0 aliphatic carbocycles. The smallest absolute Gasteiger partial charge is 0.150 e. The highest BCUT2D eigenvalue weighted by Crippen LogP contribution is 2.33. The van der Waals surface area contributed by atoms with E-state index in [-0.39, 0.29) is 0 Å². The van der Waals surface area contributed by atoms with Crippen molar-refractivity contribution in [1.29, 1.82) is 0 Å². The van der Waals surface area contributed by atoms with Gasteiger partial charge in [0, 0.05) is 10.5 Å². The summed E-state index contributed by atoms with van der Waals surface area (Å²) in [7, 11) is 0. The lowest BCUT2D eigenvalue weighted by Gasteiger charge is -2.12. The second-order valence-electron chi connectivity index (χ2n) is 3.28. The summed E-state index contributed by atoms with van der Waals surface area (Å²) in [6.07, 6.45) is 2.82. The first-order valence-corrected chi connectivity index (χ1v) is 6.79. The zero-order valence-electron chi connectivity index (χ0n) is 8.68. The zero-order valence-corrected chi connectivity index (χ0v) is 11.1. The van der Waals surface area contributed by atoms with E-state index >= 15 is 0 Å². The Morgan fingerprint density at radius 1 is 1.31 bits per heavy atom. The predicted molar refractivity (Wildman–Crippen MR) is 68.7 cm³/mol. The number of thioether (sulfide) groups is 1. The molecule has 0 saturated carbocycles. The molecule has 1 aromatic heterocycles. The van der Waals surface area contributed by atoms with Gasteiger partial charge in [-0.25, -0.2) is 0 Å². The number of benzene rings is 1. The van der Waals surface area contributed by atoms with E-state index in [1.807, 2.05) is 30.5 Å². The summed E-state index contributed by atoms with van der Waals surface area (Å²) < 4.78 is 6.06. The first-order chi connectivity index (χ1) is 7.74. The van der Waals surface area contributed by atoms with Crippen LogP contribution in [0.15, 0.2) is 50.4 Å². The van der Waals surface area contributed by atoms with Gasteiger partial charge in [-0.15, -0.1) is 11.8 Å². The van der Waals surface area contributed by atoms with E-state index in [0.29, 0.717) is 5.76 Å². The van der Waals surface area contributed by atoms with Crippen LogP contribution in [0.2, 0.25) is 0 Å². The van der Waals surface area contributed by atoms with E-state index in [9.17, 15) is 5.11 Å². The third-order valence-corrected chi connectivity index (χ3v) is 3.79.